The van der Waals surface area contributed by atoms with Crippen molar-refractivity contribution in [2.45, 2.75) is 6.92 Å². The Morgan fingerprint density at radius 2 is 1.68 bits per heavy atom. The number of para-hydroxylation sites is 1. The molecule has 2 aromatic carbocycles. The Labute approximate surface area is 143 Å². The third kappa shape index (κ3) is 4.87. The third-order valence-electron chi connectivity index (χ3n) is 3.18. The van der Waals surface area contributed by atoms with Gasteiger partial charge >= 0.3 is 0 Å². The molecule has 5 nitrogen and oxygen atoms in total. The van der Waals surface area contributed by atoms with Crippen molar-refractivity contribution < 1.29 is 23.1 Å². The van der Waals surface area contributed by atoms with Crippen LogP contribution in [0.5, 0.6) is 5.75 Å². The summed E-state index contributed by atoms with van der Waals surface area (Å²) in [4.78, 5) is 23.0. The molecule has 0 fully saturated rings. The summed E-state index contributed by atoms with van der Waals surface area (Å²) < 4.78 is 32.5. The van der Waals surface area contributed by atoms with Gasteiger partial charge in [-0.2, -0.15) is 0 Å². The summed E-state index contributed by atoms with van der Waals surface area (Å²) in [5, 5.41) is 4.52. The van der Waals surface area contributed by atoms with Crippen LogP contribution in [0.3, 0.4) is 0 Å². The highest BCUT2D eigenvalue weighted by molar-refractivity contribution is 6.02. The second kappa shape index (κ2) is 8.05. The summed E-state index contributed by atoms with van der Waals surface area (Å²) in [6, 6.07) is 8.64. The Hall–Kier alpha value is -3.22. The summed E-state index contributed by atoms with van der Waals surface area (Å²) >= 11 is 0. The van der Waals surface area contributed by atoms with Gasteiger partial charge in [-0.1, -0.05) is 18.2 Å². The normalized spacial score (nSPS) is 10.6. The number of nitrogens with one attached hydrogen (secondary N) is 2. The van der Waals surface area contributed by atoms with Gasteiger partial charge in [0.2, 0.25) is 11.8 Å². The van der Waals surface area contributed by atoms with Crippen molar-refractivity contribution in [3.05, 3.63) is 59.7 Å². The first-order valence-corrected chi connectivity index (χ1v) is 7.29. The van der Waals surface area contributed by atoms with Gasteiger partial charge < -0.3 is 15.4 Å². The van der Waals surface area contributed by atoms with Gasteiger partial charge in [0.05, 0.1) is 18.5 Å². The molecule has 2 amide bonds. The number of ether oxygens (including phenoxy) is 1. The second-order valence-electron chi connectivity index (χ2n) is 5.06. The summed E-state index contributed by atoms with van der Waals surface area (Å²) in [7, 11) is 1.50. The SMILES string of the molecule is COc1ccccc1/C=C/C(=O)Nc1cc(NC(C)=O)c(F)cc1F. The zero-order valence-electron chi connectivity index (χ0n) is 13.6. The van der Waals surface area contributed by atoms with Crippen LogP contribution >= 0.6 is 0 Å². The first-order valence-electron chi connectivity index (χ1n) is 7.29. The van der Waals surface area contributed by atoms with Gasteiger partial charge in [0.15, 0.2) is 0 Å². The van der Waals surface area contributed by atoms with E-state index in [1.165, 1.54) is 26.2 Å². The lowest BCUT2D eigenvalue weighted by atomic mass is 10.2. The average molecular weight is 346 g/mol. The summed E-state index contributed by atoms with van der Waals surface area (Å²) in [5.74, 6) is -2.45. The van der Waals surface area contributed by atoms with Crippen molar-refractivity contribution >= 4 is 29.3 Å². The lowest BCUT2D eigenvalue weighted by Gasteiger charge is -2.09. The first-order chi connectivity index (χ1) is 11.9. The maximum atomic E-state index is 13.8. The quantitative estimate of drug-likeness (QED) is 0.813. The van der Waals surface area contributed by atoms with Crippen molar-refractivity contribution in [2.24, 2.45) is 0 Å². The van der Waals surface area contributed by atoms with Crippen molar-refractivity contribution in [1.82, 2.24) is 0 Å². The van der Waals surface area contributed by atoms with E-state index in [4.69, 9.17) is 4.74 Å². The fourth-order valence-corrected chi connectivity index (χ4v) is 2.07. The standard InChI is InChI=1S/C18H16F2N2O3/c1-11(23)21-15-10-16(14(20)9-13(15)19)22-18(24)8-7-12-5-3-4-6-17(12)25-2/h3-10H,1-2H3,(H,21,23)(H,22,24)/b8-7+. The van der Waals surface area contributed by atoms with Gasteiger partial charge in [-0.05, 0) is 18.2 Å². The molecular formula is C18H16F2N2O3. The van der Waals surface area contributed by atoms with Crippen molar-refractivity contribution in [3.63, 3.8) is 0 Å². The number of carbonyl (C=O) groups excluding carboxylic acids is 2. The molecule has 25 heavy (non-hydrogen) atoms. The van der Waals surface area contributed by atoms with Gasteiger partial charge in [0.25, 0.3) is 0 Å². The van der Waals surface area contributed by atoms with Crippen LogP contribution in [-0.4, -0.2) is 18.9 Å². The highest BCUT2D eigenvalue weighted by Crippen LogP contribution is 2.24. The average Bonchev–Trinajstić information content (AvgIpc) is 2.57. The van der Waals surface area contributed by atoms with E-state index in [9.17, 15) is 18.4 Å². The Kier molecular flexibility index (Phi) is 5.84. The number of carbonyl (C=O) groups is 2. The summed E-state index contributed by atoms with van der Waals surface area (Å²) in [6.07, 6.45) is 2.70. The number of hydrogen-bond acceptors (Lipinski definition) is 3. The van der Waals surface area contributed by atoms with E-state index in [2.05, 4.69) is 10.6 Å². The molecule has 0 spiro atoms. The maximum absolute atomic E-state index is 13.8. The Morgan fingerprint density at radius 3 is 2.32 bits per heavy atom. The molecule has 0 radical (unpaired) electrons. The maximum Gasteiger partial charge on any atom is 0.248 e. The zero-order valence-corrected chi connectivity index (χ0v) is 13.6. The van der Waals surface area contributed by atoms with Gasteiger partial charge in [-0.3, -0.25) is 9.59 Å². The fourth-order valence-electron chi connectivity index (χ4n) is 2.07. The minimum atomic E-state index is -0.953. The van der Waals surface area contributed by atoms with Crippen LogP contribution in [0, 0.1) is 11.6 Å². The molecule has 130 valence electrons. The summed E-state index contributed by atoms with van der Waals surface area (Å²) in [5.41, 5.74) is 0.191. The molecule has 2 rings (SSSR count). The van der Waals surface area contributed by atoms with Crippen LogP contribution in [-0.2, 0) is 9.59 Å². The lowest BCUT2D eigenvalue weighted by molar-refractivity contribution is -0.114. The predicted octanol–water partition coefficient (Wildman–Crippen LogP) is 3.58. The number of anilines is 2. The van der Waals surface area contributed by atoms with E-state index in [0.717, 1.165) is 6.07 Å². The van der Waals surface area contributed by atoms with Gasteiger partial charge in [0.1, 0.15) is 17.4 Å². The minimum absolute atomic E-state index is 0.224. The minimum Gasteiger partial charge on any atom is -0.496 e. The second-order valence-corrected chi connectivity index (χ2v) is 5.06. The monoisotopic (exact) mass is 346 g/mol. The molecule has 2 N–H and O–H groups in total. The molecule has 0 aromatic heterocycles. The molecule has 0 heterocycles. The number of hydrogen-bond donors (Lipinski definition) is 2. The topological polar surface area (TPSA) is 67.4 Å². The number of benzene rings is 2. The van der Waals surface area contributed by atoms with E-state index < -0.39 is 23.4 Å². The van der Waals surface area contributed by atoms with E-state index in [1.807, 2.05) is 0 Å². The van der Waals surface area contributed by atoms with E-state index in [-0.39, 0.29) is 11.4 Å². The van der Waals surface area contributed by atoms with Crippen LogP contribution in [0.4, 0.5) is 20.2 Å². The molecule has 0 saturated heterocycles. The Morgan fingerprint density at radius 1 is 1.04 bits per heavy atom. The van der Waals surface area contributed by atoms with Crippen molar-refractivity contribution in [3.8, 4) is 5.75 Å². The first kappa shape index (κ1) is 18.1. The number of rotatable bonds is 5. The van der Waals surface area contributed by atoms with Crippen LogP contribution < -0.4 is 15.4 Å². The molecule has 7 heteroatoms. The van der Waals surface area contributed by atoms with Crippen LogP contribution in [0.25, 0.3) is 6.08 Å². The Balaban J connectivity index is 2.17. The molecule has 0 bridgehead atoms. The molecule has 2 aromatic rings. The molecule has 0 atom stereocenters. The molecule has 0 saturated carbocycles. The molecule has 0 unspecified atom stereocenters. The van der Waals surface area contributed by atoms with Crippen LogP contribution in [0.2, 0.25) is 0 Å². The summed E-state index contributed by atoms with van der Waals surface area (Å²) in [6.45, 7) is 1.19. The molecule has 0 aliphatic rings. The predicted molar refractivity (Wildman–Crippen MR) is 91.3 cm³/mol. The Bertz CT molecular complexity index is 835. The molecule has 0 aliphatic carbocycles. The zero-order chi connectivity index (χ0) is 18.4. The number of amides is 2. The van der Waals surface area contributed by atoms with E-state index >= 15 is 0 Å². The molecular weight excluding hydrogens is 330 g/mol. The smallest absolute Gasteiger partial charge is 0.248 e. The van der Waals surface area contributed by atoms with Gasteiger partial charge in [0, 0.05) is 24.6 Å². The fraction of sp³-hybridized carbons (Fsp3) is 0.111. The highest BCUT2D eigenvalue weighted by atomic mass is 19.1. The molecule has 0 aliphatic heterocycles. The largest absolute Gasteiger partial charge is 0.496 e. The lowest BCUT2D eigenvalue weighted by Crippen LogP contribution is -2.12. The van der Waals surface area contributed by atoms with E-state index in [1.54, 1.807) is 24.3 Å². The number of halogens is 2. The van der Waals surface area contributed by atoms with Gasteiger partial charge in [-0.15, -0.1) is 0 Å². The van der Waals surface area contributed by atoms with Crippen molar-refractivity contribution in [2.75, 3.05) is 17.7 Å². The third-order valence-corrected chi connectivity index (χ3v) is 3.18. The van der Waals surface area contributed by atoms with Gasteiger partial charge in [-0.25, -0.2) is 8.78 Å². The number of methoxy groups -OCH3 is 1. The van der Waals surface area contributed by atoms with Crippen molar-refractivity contribution in [1.29, 1.82) is 0 Å². The van der Waals surface area contributed by atoms with Crippen LogP contribution in [0.15, 0.2) is 42.5 Å². The van der Waals surface area contributed by atoms with E-state index in [0.29, 0.717) is 17.4 Å². The van der Waals surface area contributed by atoms with Crippen LogP contribution in [0.1, 0.15) is 12.5 Å². The highest BCUT2D eigenvalue weighted by Gasteiger charge is 2.12.